The molecule has 0 amide bonds. The van der Waals surface area contributed by atoms with E-state index in [0.29, 0.717) is 6.04 Å². The van der Waals surface area contributed by atoms with Crippen LogP contribution in [0.5, 0.6) is 0 Å². The summed E-state index contributed by atoms with van der Waals surface area (Å²) in [5.41, 5.74) is 0. The molecule has 1 atom stereocenters. The maximum atomic E-state index is 3.94. The Morgan fingerprint density at radius 1 is 1.71 bits per heavy atom. The van der Waals surface area contributed by atoms with Gasteiger partial charge < -0.3 is 4.90 Å². The van der Waals surface area contributed by atoms with Crippen molar-refractivity contribution in [3.63, 3.8) is 0 Å². The van der Waals surface area contributed by atoms with Crippen molar-refractivity contribution in [2.24, 2.45) is 0 Å². The molecular formula is C6H12N. The van der Waals surface area contributed by atoms with Gasteiger partial charge in [-0.05, 0) is 33.4 Å². The van der Waals surface area contributed by atoms with Crippen molar-refractivity contribution in [2.45, 2.75) is 18.9 Å². The van der Waals surface area contributed by atoms with Crippen molar-refractivity contribution in [3.8, 4) is 0 Å². The normalized spacial score (nSPS) is 34.3. The number of hydrogen-bond donors (Lipinski definition) is 0. The van der Waals surface area contributed by atoms with Crippen LogP contribution in [0.1, 0.15) is 12.8 Å². The highest BCUT2D eigenvalue weighted by molar-refractivity contribution is 4.77. The second-order valence-corrected chi connectivity index (χ2v) is 2.28. The van der Waals surface area contributed by atoms with Gasteiger partial charge in [0, 0.05) is 6.04 Å². The van der Waals surface area contributed by atoms with Crippen molar-refractivity contribution < 1.29 is 0 Å². The fourth-order valence-corrected chi connectivity index (χ4v) is 0.979. The van der Waals surface area contributed by atoms with Gasteiger partial charge in [-0.25, -0.2) is 0 Å². The molecule has 1 nitrogen and oxygen atoms in total. The van der Waals surface area contributed by atoms with Gasteiger partial charge in [0.25, 0.3) is 0 Å². The van der Waals surface area contributed by atoms with Crippen LogP contribution in [0, 0.1) is 6.92 Å². The molecular weight excluding hydrogens is 86.1 g/mol. The van der Waals surface area contributed by atoms with Gasteiger partial charge in [0.1, 0.15) is 0 Å². The first-order chi connectivity index (χ1) is 3.30. The fourth-order valence-electron chi connectivity index (χ4n) is 0.979. The monoisotopic (exact) mass is 98.1 g/mol. The number of likely N-dealkylation sites (tertiary alicyclic amines) is 1. The summed E-state index contributed by atoms with van der Waals surface area (Å²) in [6.45, 7) is 5.19. The van der Waals surface area contributed by atoms with Crippen molar-refractivity contribution in [3.05, 3.63) is 6.92 Å². The summed E-state index contributed by atoms with van der Waals surface area (Å²) in [6.07, 6.45) is 2.63. The Labute approximate surface area is 45.3 Å². The Balaban J connectivity index is 2.33. The lowest BCUT2D eigenvalue weighted by molar-refractivity contribution is 0.355. The van der Waals surface area contributed by atoms with Crippen molar-refractivity contribution in [1.82, 2.24) is 4.90 Å². The lowest BCUT2D eigenvalue weighted by Gasteiger charge is -2.11. The Hall–Kier alpha value is -0.0400. The molecule has 1 aliphatic rings. The van der Waals surface area contributed by atoms with Gasteiger partial charge in [0.15, 0.2) is 0 Å². The lowest BCUT2D eigenvalue weighted by Crippen LogP contribution is -2.21. The zero-order valence-corrected chi connectivity index (χ0v) is 4.85. The smallest absolute Gasteiger partial charge is 0.00932 e. The van der Waals surface area contributed by atoms with E-state index >= 15 is 0 Å². The number of hydrogen-bond acceptors (Lipinski definition) is 1. The molecule has 0 aromatic rings. The summed E-state index contributed by atoms with van der Waals surface area (Å²) in [7, 11) is 2.13. The standard InChI is InChI=1S/C6H12N/c1-6-4-3-5-7(6)2/h6H,1,3-5H2,2H3. The van der Waals surface area contributed by atoms with Crippen LogP contribution in [0.3, 0.4) is 0 Å². The quantitative estimate of drug-likeness (QED) is 0.435. The average Bonchev–Trinajstić information content (AvgIpc) is 1.91. The molecule has 0 bridgehead atoms. The van der Waals surface area contributed by atoms with Crippen LogP contribution in [-0.2, 0) is 0 Å². The number of rotatable bonds is 0. The third-order valence-electron chi connectivity index (χ3n) is 1.67. The highest BCUT2D eigenvalue weighted by Gasteiger charge is 2.14. The van der Waals surface area contributed by atoms with Gasteiger partial charge in [-0.3, -0.25) is 0 Å². The molecule has 1 heteroatoms. The maximum Gasteiger partial charge on any atom is 0.00932 e. The van der Waals surface area contributed by atoms with E-state index in [1.54, 1.807) is 0 Å². The first-order valence-electron chi connectivity index (χ1n) is 2.84. The van der Waals surface area contributed by atoms with E-state index in [2.05, 4.69) is 18.9 Å². The van der Waals surface area contributed by atoms with E-state index in [-0.39, 0.29) is 0 Å². The lowest BCUT2D eigenvalue weighted by atomic mass is 10.3. The predicted octanol–water partition coefficient (Wildman–Crippen LogP) is 0.915. The minimum absolute atomic E-state index is 0.597. The zero-order chi connectivity index (χ0) is 5.28. The van der Waals surface area contributed by atoms with E-state index in [1.807, 2.05) is 0 Å². The Morgan fingerprint density at radius 2 is 2.43 bits per heavy atom. The summed E-state index contributed by atoms with van der Waals surface area (Å²) in [5.74, 6) is 0. The number of nitrogens with zero attached hydrogens (tertiary/aromatic N) is 1. The second-order valence-electron chi connectivity index (χ2n) is 2.28. The van der Waals surface area contributed by atoms with Crippen molar-refractivity contribution in [1.29, 1.82) is 0 Å². The van der Waals surface area contributed by atoms with Gasteiger partial charge in [-0.1, -0.05) is 0 Å². The molecule has 0 spiro atoms. The first kappa shape index (κ1) is 5.10. The summed E-state index contributed by atoms with van der Waals surface area (Å²) in [6, 6.07) is 0.597. The van der Waals surface area contributed by atoms with Gasteiger partial charge in [0.2, 0.25) is 0 Å². The predicted molar refractivity (Wildman–Crippen MR) is 31.0 cm³/mol. The molecule has 1 saturated heterocycles. The van der Waals surface area contributed by atoms with Crippen LogP contribution in [0.15, 0.2) is 0 Å². The Morgan fingerprint density at radius 3 is 2.57 bits per heavy atom. The molecule has 1 radical (unpaired) electrons. The third-order valence-corrected chi connectivity index (χ3v) is 1.67. The van der Waals surface area contributed by atoms with Crippen LogP contribution in [-0.4, -0.2) is 24.5 Å². The van der Waals surface area contributed by atoms with E-state index in [0.717, 1.165) is 0 Å². The van der Waals surface area contributed by atoms with E-state index in [4.69, 9.17) is 0 Å². The van der Waals surface area contributed by atoms with Gasteiger partial charge in [0.05, 0.1) is 0 Å². The van der Waals surface area contributed by atoms with Crippen LogP contribution in [0.2, 0.25) is 0 Å². The van der Waals surface area contributed by atoms with Crippen LogP contribution in [0.4, 0.5) is 0 Å². The van der Waals surface area contributed by atoms with Gasteiger partial charge in [-0.2, -0.15) is 0 Å². The third kappa shape index (κ3) is 0.942. The molecule has 1 aliphatic heterocycles. The molecule has 41 valence electrons. The zero-order valence-electron chi connectivity index (χ0n) is 4.85. The summed E-state index contributed by atoms with van der Waals surface area (Å²) in [4.78, 5) is 2.29. The van der Waals surface area contributed by atoms with Crippen molar-refractivity contribution >= 4 is 0 Å². The molecule has 0 aromatic carbocycles. The van der Waals surface area contributed by atoms with Gasteiger partial charge in [-0.15, -0.1) is 0 Å². The first-order valence-corrected chi connectivity index (χ1v) is 2.84. The van der Waals surface area contributed by atoms with Gasteiger partial charge >= 0.3 is 0 Å². The highest BCUT2D eigenvalue weighted by Crippen LogP contribution is 2.11. The summed E-state index contributed by atoms with van der Waals surface area (Å²) >= 11 is 0. The van der Waals surface area contributed by atoms with E-state index < -0.39 is 0 Å². The molecule has 1 heterocycles. The van der Waals surface area contributed by atoms with E-state index in [1.165, 1.54) is 19.4 Å². The second kappa shape index (κ2) is 1.83. The molecule has 7 heavy (non-hydrogen) atoms. The Bertz CT molecular complexity index is 53.2. The van der Waals surface area contributed by atoms with Crippen LogP contribution < -0.4 is 0 Å². The minimum atomic E-state index is 0.597. The molecule has 0 aromatic heterocycles. The summed E-state index contributed by atoms with van der Waals surface area (Å²) in [5, 5.41) is 0. The molecule has 0 aliphatic carbocycles. The largest absolute Gasteiger partial charge is 0.303 e. The SMILES string of the molecule is [CH2]C1CCCN1C. The van der Waals surface area contributed by atoms with Crippen molar-refractivity contribution in [2.75, 3.05) is 13.6 Å². The molecule has 1 unspecified atom stereocenters. The molecule has 1 fully saturated rings. The topological polar surface area (TPSA) is 3.24 Å². The van der Waals surface area contributed by atoms with Crippen LogP contribution >= 0.6 is 0 Å². The molecule has 1 rings (SSSR count). The fraction of sp³-hybridized carbons (Fsp3) is 0.833. The van der Waals surface area contributed by atoms with E-state index in [9.17, 15) is 0 Å². The van der Waals surface area contributed by atoms with Crippen LogP contribution in [0.25, 0.3) is 0 Å². The Kier molecular flexibility index (Phi) is 1.33. The maximum absolute atomic E-state index is 3.94. The average molecular weight is 98.2 g/mol. The summed E-state index contributed by atoms with van der Waals surface area (Å²) < 4.78 is 0. The molecule has 0 saturated carbocycles. The minimum Gasteiger partial charge on any atom is -0.303 e. The molecule has 0 N–H and O–H groups in total. The highest BCUT2D eigenvalue weighted by atomic mass is 15.1.